The summed E-state index contributed by atoms with van der Waals surface area (Å²) in [6.45, 7) is 10.3. The van der Waals surface area contributed by atoms with E-state index in [1.165, 1.54) is 5.56 Å². The van der Waals surface area contributed by atoms with Gasteiger partial charge in [0.15, 0.2) is 11.5 Å². The molecule has 0 aliphatic carbocycles. The van der Waals surface area contributed by atoms with Gasteiger partial charge in [-0.2, -0.15) is 0 Å². The van der Waals surface area contributed by atoms with Crippen molar-refractivity contribution in [2.45, 2.75) is 12.6 Å². The first-order chi connectivity index (χ1) is 11.7. The van der Waals surface area contributed by atoms with Crippen LogP contribution in [0.1, 0.15) is 5.56 Å². The number of piperazine rings is 1. The number of β-amino-alcohol motifs (C(OH)–C–C–N with tert-alkyl or cyclic N) is 1. The molecule has 1 fully saturated rings. The van der Waals surface area contributed by atoms with Crippen molar-refractivity contribution in [3.8, 4) is 11.5 Å². The van der Waals surface area contributed by atoms with Gasteiger partial charge >= 0.3 is 0 Å². The lowest BCUT2D eigenvalue weighted by Gasteiger charge is -2.35. The Morgan fingerprint density at radius 1 is 1.17 bits per heavy atom. The number of fused-ring (bicyclic) bond motifs is 1. The molecule has 0 spiro atoms. The molecule has 0 amide bonds. The molecule has 0 aromatic heterocycles. The first-order valence-corrected chi connectivity index (χ1v) is 8.44. The van der Waals surface area contributed by atoms with Gasteiger partial charge in [0.1, 0.15) is 0 Å². The molecular formula is C18H26N2O4. The quantitative estimate of drug-likeness (QED) is 0.567. The summed E-state index contributed by atoms with van der Waals surface area (Å²) in [5.41, 5.74) is 1.24. The molecule has 1 aromatic carbocycles. The van der Waals surface area contributed by atoms with E-state index in [1.54, 1.807) is 6.08 Å². The number of aliphatic hydroxyl groups excluding tert-OH is 1. The smallest absolute Gasteiger partial charge is 0.231 e. The fourth-order valence-electron chi connectivity index (χ4n) is 3.07. The van der Waals surface area contributed by atoms with Crippen LogP contribution in [0.3, 0.4) is 0 Å². The largest absolute Gasteiger partial charge is 0.454 e. The van der Waals surface area contributed by atoms with Crippen LogP contribution < -0.4 is 9.47 Å². The highest BCUT2D eigenvalue weighted by atomic mass is 16.7. The van der Waals surface area contributed by atoms with Gasteiger partial charge < -0.3 is 19.3 Å². The van der Waals surface area contributed by atoms with Crippen molar-refractivity contribution in [3.63, 3.8) is 0 Å². The predicted octanol–water partition coefficient (Wildman–Crippen LogP) is 1.10. The summed E-state index contributed by atoms with van der Waals surface area (Å²) in [5.74, 6) is 1.67. The Hall–Kier alpha value is -1.60. The third-order valence-electron chi connectivity index (χ3n) is 4.32. The minimum absolute atomic E-state index is 0.316. The van der Waals surface area contributed by atoms with Gasteiger partial charge in [0, 0.05) is 39.3 Å². The monoisotopic (exact) mass is 334 g/mol. The van der Waals surface area contributed by atoms with Gasteiger partial charge in [-0.15, -0.1) is 6.58 Å². The maximum Gasteiger partial charge on any atom is 0.231 e. The zero-order chi connectivity index (χ0) is 16.8. The third kappa shape index (κ3) is 4.70. The van der Waals surface area contributed by atoms with Crippen LogP contribution in [0.5, 0.6) is 11.5 Å². The molecule has 1 saturated heterocycles. The Balaban J connectivity index is 1.40. The van der Waals surface area contributed by atoms with E-state index in [9.17, 15) is 5.11 Å². The SMILES string of the molecule is C=CCOC[C@@H](O)CN1CCN(Cc2ccc3c(c2)OCO3)CC1. The molecule has 2 aliphatic rings. The fourth-order valence-corrected chi connectivity index (χ4v) is 3.07. The molecule has 1 N–H and O–H groups in total. The first kappa shape index (κ1) is 17.2. The van der Waals surface area contributed by atoms with Crippen LogP contribution >= 0.6 is 0 Å². The number of hydrogen-bond acceptors (Lipinski definition) is 6. The van der Waals surface area contributed by atoms with E-state index in [2.05, 4.69) is 28.5 Å². The summed E-state index contributed by atoms with van der Waals surface area (Å²) in [7, 11) is 0. The normalized spacial score (nSPS) is 19.4. The van der Waals surface area contributed by atoms with Crippen molar-refractivity contribution in [1.82, 2.24) is 9.80 Å². The number of nitrogens with zero attached hydrogens (tertiary/aromatic N) is 2. The highest BCUT2D eigenvalue weighted by molar-refractivity contribution is 5.44. The van der Waals surface area contributed by atoms with Gasteiger partial charge in [-0.3, -0.25) is 9.80 Å². The zero-order valence-electron chi connectivity index (χ0n) is 14.0. The summed E-state index contributed by atoms with van der Waals surface area (Å²) in [6.07, 6.45) is 1.26. The predicted molar refractivity (Wildman–Crippen MR) is 91.3 cm³/mol. The van der Waals surface area contributed by atoms with Crippen LogP contribution in [0, 0.1) is 0 Å². The molecule has 24 heavy (non-hydrogen) atoms. The van der Waals surface area contributed by atoms with E-state index in [-0.39, 0.29) is 0 Å². The summed E-state index contributed by atoms with van der Waals surface area (Å²) in [4.78, 5) is 4.71. The highest BCUT2D eigenvalue weighted by Gasteiger charge is 2.20. The summed E-state index contributed by atoms with van der Waals surface area (Å²) < 4.78 is 16.1. The number of hydrogen-bond donors (Lipinski definition) is 1. The lowest BCUT2D eigenvalue weighted by Crippen LogP contribution is -2.48. The van der Waals surface area contributed by atoms with Gasteiger partial charge in [-0.1, -0.05) is 12.1 Å². The third-order valence-corrected chi connectivity index (χ3v) is 4.32. The van der Waals surface area contributed by atoms with Crippen molar-refractivity contribution >= 4 is 0 Å². The van der Waals surface area contributed by atoms with E-state index >= 15 is 0 Å². The van der Waals surface area contributed by atoms with Crippen molar-refractivity contribution in [3.05, 3.63) is 36.4 Å². The van der Waals surface area contributed by atoms with Crippen LogP contribution in [0.4, 0.5) is 0 Å². The molecule has 0 unspecified atom stereocenters. The second-order valence-electron chi connectivity index (χ2n) is 6.24. The molecule has 0 saturated carbocycles. The number of ether oxygens (including phenoxy) is 3. The van der Waals surface area contributed by atoms with Gasteiger partial charge in [-0.25, -0.2) is 0 Å². The molecule has 6 nitrogen and oxygen atoms in total. The molecule has 1 aromatic rings. The van der Waals surface area contributed by atoms with E-state index in [4.69, 9.17) is 14.2 Å². The molecule has 6 heteroatoms. The molecular weight excluding hydrogens is 308 g/mol. The Labute approximate surface area is 143 Å². The average molecular weight is 334 g/mol. The van der Waals surface area contributed by atoms with Crippen LogP contribution in [0.15, 0.2) is 30.9 Å². The van der Waals surface area contributed by atoms with Crippen LogP contribution in [0.25, 0.3) is 0 Å². The van der Waals surface area contributed by atoms with Crippen molar-refractivity contribution < 1.29 is 19.3 Å². The molecule has 2 heterocycles. The van der Waals surface area contributed by atoms with Crippen molar-refractivity contribution in [2.24, 2.45) is 0 Å². The van der Waals surface area contributed by atoms with Crippen LogP contribution in [0.2, 0.25) is 0 Å². The summed E-state index contributed by atoms with van der Waals surface area (Å²) in [6, 6.07) is 6.14. The second kappa shape index (κ2) is 8.48. The number of rotatable bonds is 8. The summed E-state index contributed by atoms with van der Waals surface area (Å²) in [5, 5.41) is 9.98. The van der Waals surface area contributed by atoms with Gasteiger partial charge in [0.05, 0.1) is 19.3 Å². The number of benzene rings is 1. The minimum Gasteiger partial charge on any atom is -0.454 e. The number of aliphatic hydroxyl groups is 1. The first-order valence-electron chi connectivity index (χ1n) is 8.44. The topological polar surface area (TPSA) is 54.4 Å². The standard InChI is InChI=1S/C18H26N2O4/c1-2-9-22-13-16(21)12-20-7-5-19(6-8-20)11-15-3-4-17-18(10-15)24-14-23-17/h2-4,10,16,21H,1,5-9,11-14H2/t16-/m0/s1. The zero-order valence-corrected chi connectivity index (χ0v) is 14.0. The fraction of sp³-hybridized carbons (Fsp3) is 0.556. The Bertz CT molecular complexity index is 544. The Morgan fingerprint density at radius 2 is 1.92 bits per heavy atom. The molecule has 0 radical (unpaired) electrons. The second-order valence-corrected chi connectivity index (χ2v) is 6.24. The lowest BCUT2D eigenvalue weighted by atomic mass is 10.1. The average Bonchev–Trinajstić information content (AvgIpc) is 3.05. The Morgan fingerprint density at radius 3 is 2.71 bits per heavy atom. The molecule has 3 rings (SSSR count). The maximum absolute atomic E-state index is 9.98. The molecule has 0 bridgehead atoms. The van der Waals surface area contributed by atoms with Gasteiger partial charge in [0.25, 0.3) is 0 Å². The van der Waals surface area contributed by atoms with Crippen LogP contribution in [-0.2, 0) is 11.3 Å². The van der Waals surface area contributed by atoms with E-state index < -0.39 is 6.10 Å². The molecule has 1 atom stereocenters. The van der Waals surface area contributed by atoms with Gasteiger partial charge in [-0.05, 0) is 17.7 Å². The Kier molecular flexibility index (Phi) is 6.09. The van der Waals surface area contributed by atoms with E-state index in [0.717, 1.165) is 44.2 Å². The highest BCUT2D eigenvalue weighted by Crippen LogP contribution is 2.32. The molecule has 2 aliphatic heterocycles. The summed E-state index contributed by atoms with van der Waals surface area (Å²) >= 11 is 0. The minimum atomic E-state index is -0.439. The van der Waals surface area contributed by atoms with E-state index in [0.29, 0.717) is 26.6 Å². The van der Waals surface area contributed by atoms with Crippen molar-refractivity contribution in [2.75, 3.05) is 52.7 Å². The maximum atomic E-state index is 9.98. The van der Waals surface area contributed by atoms with E-state index in [1.807, 2.05) is 6.07 Å². The van der Waals surface area contributed by atoms with Gasteiger partial charge in [0.2, 0.25) is 6.79 Å². The lowest BCUT2D eigenvalue weighted by molar-refractivity contribution is 0.0142. The van der Waals surface area contributed by atoms with Crippen molar-refractivity contribution in [1.29, 1.82) is 0 Å². The van der Waals surface area contributed by atoms with Crippen LogP contribution in [-0.4, -0.2) is 73.7 Å². The molecule has 132 valence electrons.